The Balaban J connectivity index is 1.77. The molecular weight excluding hydrogens is 350 g/mol. The van der Waals surface area contributed by atoms with E-state index in [4.69, 9.17) is 16.3 Å². The molecule has 1 amide bonds. The second-order valence-electron chi connectivity index (χ2n) is 6.49. The van der Waals surface area contributed by atoms with Crippen molar-refractivity contribution in [1.29, 1.82) is 0 Å². The van der Waals surface area contributed by atoms with Crippen molar-refractivity contribution < 1.29 is 9.53 Å². The standard InChI is InChI=1S/C20H24ClN3O2/c1-3-16-6-4-5-9-24(16)17-10-14(12-22-13-17)20(25)23-15-7-8-19(26-2)18(21)11-15/h7-8,10-13,16H,3-6,9H2,1-2H3,(H,23,25). The van der Waals surface area contributed by atoms with Gasteiger partial charge in [0.1, 0.15) is 5.75 Å². The largest absolute Gasteiger partial charge is 0.495 e. The number of aromatic nitrogens is 1. The molecule has 0 radical (unpaired) electrons. The number of hydrogen-bond acceptors (Lipinski definition) is 4. The molecule has 1 aliphatic rings. The first-order valence-corrected chi connectivity index (χ1v) is 9.36. The van der Waals surface area contributed by atoms with Gasteiger partial charge in [0.2, 0.25) is 0 Å². The lowest BCUT2D eigenvalue weighted by molar-refractivity contribution is 0.102. The zero-order chi connectivity index (χ0) is 18.5. The maximum absolute atomic E-state index is 12.6. The van der Waals surface area contributed by atoms with E-state index in [0.29, 0.717) is 28.1 Å². The van der Waals surface area contributed by atoms with E-state index in [2.05, 4.69) is 22.1 Å². The zero-order valence-electron chi connectivity index (χ0n) is 15.2. The monoisotopic (exact) mass is 373 g/mol. The summed E-state index contributed by atoms with van der Waals surface area (Å²) in [5.74, 6) is 0.370. The highest BCUT2D eigenvalue weighted by Crippen LogP contribution is 2.28. The van der Waals surface area contributed by atoms with Crippen LogP contribution in [0.4, 0.5) is 11.4 Å². The summed E-state index contributed by atoms with van der Waals surface area (Å²) in [5.41, 5.74) is 2.17. The fraction of sp³-hybridized carbons (Fsp3) is 0.400. The Bertz CT molecular complexity index is 781. The summed E-state index contributed by atoms with van der Waals surface area (Å²) in [6, 6.07) is 7.60. The second-order valence-corrected chi connectivity index (χ2v) is 6.89. The third-order valence-corrected chi connectivity index (χ3v) is 5.12. The number of ether oxygens (including phenoxy) is 1. The first-order chi connectivity index (χ1) is 12.6. The van der Waals surface area contributed by atoms with E-state index >= 15 is 0 Å². The van der Waals surface area contributed by atoms with E-state index < -0.39 is 0 Å². The Morgan fingerprint density at radius 2 is 2.19 bits per heavy atom. The molecule has 1 atom stereocenters. The number of benzene rings is 1. The molecule has 0 aliphatic carbocycles. The number of rotatable bonds is 5. The number of carbonyl (C=O) groups is 1. The van der Waals surface area contributed by atoms with E-state index in [1.165, 1.54) is 19.3 Å². The molecule has 0 saturated carbocycles. The van der Waals surface area contributed by atoms with Crippen molar-refractivity contribution in [3.05, 3.63) is 47.2 Å². The molecule has 6 heteroatoms. The van der Waals surface area contributed by atoms with Gasteiger partial charge in [0.15, 0.2) is 0 Å². The van der Waals surface area contributed by atoms with Crippen molar-refractivity contribution in [2.24, 2.45) is 0 Å². The van der Waals surface area contributed by atoms with Gasteiger partial charge in [0, 0.05) is 24.5 Å². The molecule has 0 spiro atoms. The van der Waals surface area contributed by atoms with Crippen LogP contribution in [-0.4, -0.2) is 30.6 Å². The van der Waals surface area contributed by atoms with E-state index in [-0.39, 0.29) is 5.91 Å². The van der Waals surface area contributed by atoms with Crippen molar-refractivity contribution in [1.82, 2.24) is 4.98 Å². The van der Waals surface area contributed by atoms with Gasteiger partial charge in [0.25, 0.3) is 5.91 Å². The van der Waals surface area contributed by atoms with Gasteiger partial charge < -0.3 is 15.0 Å². The Morgan fingerprint density at radius 1 is 1.35 bits per heavy atom. The average Bonchev–Trinajstić information content (AvgIpc) is 2.68. The second kappa shape index (κ2) is 8.41. The van der Waals surface area contributed by atoms with Crippen LogP contribution >= 0.6 is 11.6 Å². The predicted molar refractivity (Wildman–Crippen MR) is 105 cm³/mol. The van der Waals surface area contributed by atoms with Gasteiger partial charge in [-0.1, -0.05) is 18.5 Å². The summed E-state index contributed by atoms with van der Waals surface area (Å²) >= 11 is 6.12. The van der Waals surface area contributed by atoms with E-state index in [9.17, 15) is 4.79 Å². The minimum atomic E-state index is -0.203. The molecule has 1 fully saturated rings. The van der Waals surface area contributed by atoms with Crippen molar-refractivity contribution in [2.75, 3.05) is 23.9 Å². The molecule has 2 heterocycles. The molecular formula is C20H24ClN3O2. The maximum Gasteiger partial charge on any atom is 0.257 e. The van der Waals surface area contributed by atoms with Crippen LogP contribution < -0.4 is 15.0 Å². The molecule has 1 saturated heterocycles. The van der Waals surface area contributed by atoms with Gasteiger partial charge >= 0.3 is 0 Å². The fourth-order valence-corrected chi connectivity index (χ4v) is 3.68. The van der Waals surface area contributed by atoms with E-state index in [1.807, 2.05) is 12.3 Å². The maximum atomic E-state index is 12.6. The molecule has 5 nitrogen and oxygen atoms in total. The molecule has 1 aromatic heterocycles. The smallest absolute Gasteiger partial charge is 0.257 e. The van der Waals surface area contributed by atoms with Gasteiger partial charge in [0.05, 0.1) is 29.6 Å². The topological polar surface area (TPSA) is 54.5 Å². The van der Waals surface area contributed by atoms with Crippen LogP contribution in [0.25, 0.3) is 0 Å². The third-order valence-electron chi connectivity index (χ3n) is 4.83. The van der Waals surface area contributed by atoms with E-state index in [1.54, 1.807) is 31.5 Å². The number of hydrogen-bond donors (Lipinski definition) is 1. The molecule has 26 heavy (non-hydrogen) atoms. The Morgan fingerprint density at radius 3 is 2.92 bits per heavy atom. The van der Waals surface area contributed by atoms with Crippen LogP contribution in [0.2, 0.25) is 5.02 Å². The highest BCUT2D eigenvalue weighted by molar-refractivity contribution is 6.32. The Hall–Kier alpha value is -2.27. The highest BCUT2D eigenvalue weighted by atomic mass is 35.5. The lowest BCUT2D eigenvalue weighted by Crippen LogP contribution is -2.39. The van der Waals surface area contributed by atoms with Crippen LogP contribution in [0.1, 0.15) is 43.0 Å². The Labute approximate surface area is 159 Å². The number of nitrogens with one attached hydrogen (secondary N) is 1. The van der Waals surface area contributed by atoms with Crippen molar-refractivity contribution >= 4 is 28.9 Å². The van der Waals surface area contributed by atoms with Crippen LogP contribution in [0, 0.1) is 0 Å². The van der Waals surface area contributed by atoms with Crippen LogP contribution in [0.15, 0.2) is 36.7 Å². The van der Waals surface area contributed by atoms with Gasteiger partial charge in [-0.3, -0.25) is 9.78 Å². The summed E-state index contributed by atoms with van der Waals surface area (Å²) in [6.07, 6.45) is 8.17. The summed E-state index contributed by atoms with van der Waals surface area (Å²) in [6.45, 7) is 3.22. The average molecular weight is 374 g/mol. The first-order valence-electron chi connectivity index (χ1n) is 8.99. The van der Waals surface area contributed by atoms with Gasteiger partial charge in [-0.15, -0.1) is 0 Å². The number of halogens is 1. The molecule has 1 aliphatic heterocycles. The van der Waals surface area contributed by atoms with Crippen LogP contribution in [-0.2, 0) is 0 Å². The van der Waals surface area contributed by atoms with Gasteiger partial charge in [-0.05, 0) is 49.9 Å². The van der Waals surface area contributed by atoms with Crippen LogP contribution in [0.3, 0.4) is 0 Å². The fourth-order valence-electron chi connectivity index (χ4n) is 3.42. The number of pyridine rings is 1. The normalized spacial score (nSPS) is 17.0. The molecule has 2 aromatic rings. The molecule has 0 bridgehead atoms. The number of carbonyl (C=O) groups excluding carboxylic acids is 1. The van der Waals surface area contributed by atoms with E-state index in [0.717, 1.165) is 18.7 Å². The molecule has 138 valence electrons. The highest BCUT2D eigenvalue weighted by Gasteiger charge is 2.22. The Kier molecular flexibility index (Phi) is 5.99. The van der Waals surface area contributed by atoms with Gasteiger partial charge in [-0.2, -0.15) is 0 Å². The summed E-state index contributed by atoms with van der Waals surface area (Å²) in [5, 5.41) is 3.32. The summed E-state index contributed by atoms with van der Waals surface area (Å²) < 4.78 is 5.13. The first kappa shape index (κ1) is 18.5. The lowest BCUT2D eigenvalue weighted by Gasteiger charge is -2.37. The third kappa shape index (κ3) is 4.10. The minimum absolute atomic E-state index is 0.203. The SMILES string of the molecule is CCC1CCCCN1c1cncc(C(=O)Nc2ccc(OC)c(Cl)c2)c1. The number of piperidine rings is 1. The number of methoxy groups -OCH3 is 1. The molecule has 1 N–H and O–H groups in total. The van der Waals surface area contributed by atoms with Crippen molar-refractivity contribution in [3.8, 4) is 5.75 Å². The number of amides is 1. The summed E-state index contributed by atoms with van der Waals surface area (Å²) in [4.78, 5) is 19.3. The summed E-state index contributed by atoms with van der Waals surface area (Å²) in [7, 11) is 1.56. The molecule has 3 rings (SSSR count). The van der Waals surface area contributed by atoms with Crippen molar-refractivity contribution in [2.45, 2.75) is 38.6 Å². The number of anilines is 2. The predicted octanol–water partition coefficient (Wildman–Crippen LogP) is 4.76. The minimum Gasteiger partial charge on any atom is -0.495 e. The van der Waals surface area contributed by atoms with Crippen molar-refractivity contribution in [3.63, 3.8) is 0 Å². The molecule has 1 unspecified atom stereocenters. The molecule has 1 aromatic carbocycles. The van der Waals surface area contributed by atoms with Gasteiger partial charge in [-0.25, -0.2) is 0 Å². The quantitative estimate of drug-likeness (QED) is 0.820. The van der Waals surface area contributed by atoms with Crippen LogP contribution in [0.5, 0.6) is 5.75 Å². The lowest BCUT2D eigenvalue weighted by atomic mass is 9.99. The zero-order valence-corrected chi connectivity index (χ0v) is 15.9. The number of nitrogens with zero attached hydrogens (tertiary/aromatic N) is 2.